The SMILES string of the molecule is Cc1ccccc1NC(=O)c1ccc2oc(=O)n(Cc3ccccc3)c2c1. The Labute approximate surface area is 155 Å². The molecule has 0 bridgehead atoms. The van der Waals surface area contributed by atoms with E-state index < -0.39 is 5.76 Å². The second-order valence-corrected chi connectivity index (χ2v) is 6.39. The highest BCUT2D eigenvalue weighted by molar-refractivity contribution is 6.06. The summed E-state index contributed by atoms with van der Waals surface area (Å²) in [7, 11) is 0. The Balaban J connectivity index is 1.69. The van der Waals surface area contributed by atoms with Gasteiger partial charge in [-0.1, -0.05) is 48.5 Å². The van der Waals surface area contributed by atoms with Crippen LogP contribution in [-0.4, -0.2) is 10.5 Å². The maximum Gasteiger partial charge on any atom is 0.420 e. The van der Waals surface area contributed by atoms with Crippen LogP contribution < -0.4 is 11.1 Å². The van der Waals surface area contributed by atoms with Crippen LogP contribution >= 0.6 is 0 Å². The molecule has 0 aliphatic heterocycles. The van der Waals surface area contributed by atoms with Crippen LogP contribution in [0, 0.1) is 6.92 Å². The number of carbonyl (C=O) groups is 1. The van der Waals surface area contributed by atoms with E-state index in [9.17, 15) is 9.59 Å². The lowest BCUT2D eigenvalue weighted by Crippen LogP contribution is -2.16. The van der Waals surface area contributed by atoms with Crippen molar-refractivity contribution in [2.24, 2.45) is 0 Å². The van der Waals surface area contributed by atoms with Gasteiger partial charge in [0, 0.05) is 11.3 Å². The minimum atomic E-state index is -0.440. The van der Waals surface area contributed by atoms with Crippen LogP contribution in [0.3, 0.4) is 0 Å². The first-order valence-corrected chi connectivity index (χ1v) is 8.66. The minimum absolute atomic E-state index is 0.230. The summed E-state index contributed by atoms with van der Waals surface area (Å²) in [6.45, 7) is 2.32. The van der Waals surface area contributed by atoms with Crippen LogP contribution in [0.5, 0.6) is 0 Å². The van der Waals surface area contributed by atoms with E-state index in [0.717, 1.165) is 16.8 Å². The van der Waals surface area contributed by atoms with E-state index in [-0.39, 0.29) is 5.91 Å². The number of fused-ring (bicyclic) bond motifs is 1. The number of aromatic nitrogens is 1. The molecular formula is C22H18N2O3. The highest BCUT2D eigenvalue weighted by Crippen LogP contribution is 2.19. The van der Waals surface area contributed by atoms with Crippen LogP contribution in [-0.2, 0) is 6.54 Å². The molecule has 27 heavy (non-hydrogen) atoms. The first kappa shape index (κ1) is 16.8. The zero-order valence-electron chi connectivity index (χ0n) is 14.8. The molecule has 0 spiro atoms. The van der Waals surface area contributed by atoms with Crippen molar-refractivity contribution in [3.63, 3.8) is 0 Å². The zero-order valence-corrected chi connectivity index (χ0v) is 14.8. The standard InChI is InChI=1S/C22H18N2O3/c1-15-7-5-6-10-18(15)23-21(25)17-11-12-20-19(13-17)24(22(26)27-20)14-16-8-3-2-4-9-16/h2-13H,14H2,1H3,(H,23,25). The number of nitrogens with zero attached hydrogens (tertiary/aromatic N) is 1. The van der Waals surface area contributed by atoms with Gasteiger partial charge < -0.3 is 9.73 Å². The Hall–Kier alpha value is -3.60. The first-order valence-electron chi connectivity index (χ1n) is 8.66. The molecule has 1 heterocycles. The lowest BCUT2D eigenvalue weighted by Gasteiger charge is -2.08. The van der Waals surface area contributed by atoms with Gasteiger partial charge in [0.2, 0.25) is 0 Å². The normalized spacial score (nSPS) is 10.9. The van der Waals surface area contributed by atoms with Gasteiger partial charge in [-0.15, -0.1) is 0 Å². The number of carbonyl (C=O) groups excluding carboxylic acids is 1. The van der Waals surface area contributed by atoms with Gasteiger partial charge in [-0.25, -0.2) is 4.79 Å². The van der Waals surface area contributed by atoms with E-state index in [1.165, 1.54) is 4.57 Å². The van der Waals surface area contributed by atoms with E-state index in [1.807, 2.05) is 61.5 Å². The fourth-order valence-electron chi connectivity index (χ4n) is 3.03. The molecule has 4 rings (SSSR count). The van der Waals surface area contributed by atoms with Gasteiger partial charge in [0.05, 0.1) is 12.1 Å². The number of aryl methyl sites for hydroxylation is 1. The molecule has 3 aromatic carbocycles. The average Bonchev–Trinajstić information content (AvgIpc) is 2.99. The minimum Gasteiger partial charge on any atom is -0.408 e. The predicted molar refractivity (Wildman–Crippen MR) is 105 cm³/mol. The Morgan fingerprint density at radius 1 is 1.00 bits per heavy atom. The van der Waals surface area contributed by atoms with E-state index in [0.29, 0.717) is 23.2 Å². The molecule has 0 aliphatic carbocycles. The second-order valence-electron chi connectivity index (χ2n) is 6.39. The van der Waals surface area contributed by atoms with Crippen molar-refractivity contribution < 1.29 is 9.21 Å². The zero-order chi connectivity index (χ0) is 18.8. The molecule has 0 saturated carbocycles. The van der Waals surface area contributed by atoms with Crippen LogP contribution in [0.1, 0.15) is 21.5 Å². The molecule has 134 valence electrons. The molecular weight excluding hydrogens is 340 g/mol. The van der Waals surface area contributed by atoms with Crippen LogP contribution in [0.4, 0.5) is 5.69 Å². The van der Waals surface area contributed by atoms with Crippen molar-refractivity contribution in [3.05, 3.63) is 100 Å². The quantitative estimate of drug-likeness (QED) is 0.594. The summed E-state index contributed by atoms with van der Waals surface area (Å²) in [6.07, 6.45) is 0. The van der Waals surface area contributed by atoms with Gasteiger partial charge in [-0.05, 0) is 42.3 Å². The molecule has 0 unspecified atom stereocenters. The first-order chi connectivity index (χ1) is 13.1. The van der Waals surface area contributed by atoms with Crippen molar-refractivity contribution in [2.45, 2.75) is 13.5 Å². The highest BCUT2D eigenvalue weighted by Gasteiger charge is 2.14. The number of hydrogen-bond donors (Lipinski definition) is 1. The summed E-state index contributed by atoms with van der Waals surface area (Å²) in [5.74, 6) is -0.670. The summed E-state index contributed by atoms with van der Waals surface area (Å²) in [4.78, 5) is 24.9. The summed E-state index contributed by atoms with van der Waals surface area (Å²) in [5, 5.41) is 2.91. The number of anilines is 1. The number of amides is 1. The molecule has 1 aromatic heterocycles. The third-order valence-corrected chi connectivity index (χ3v) is 4.51. The number of oxazole rings is 1. The Kier molecular flexibility index (Phi) is 4.34. The molecule has 0 saturated heterocycles. The van der Waals surface area contributed by atoms with Crippen molar-refractivity contribution in [1.82, 2.24) is 4.57 Å². The van der Waals surface area contributed by atoms with Crippen molar-refractivity contribution in [3.8, 4) is 0 Å². The monoisotopic (exact) mass is 358 g/mol. The van der Waals surface area contributed by atoms with E-state index in [4.69, 9.17) is 4.42 Å². The van der Waals surface area contributed by atoms with Crippen molar-refractivity contribution in [2.75, 3.05) is 5.32 Å². The molecule has 4 aromatic rings. The third kappa shape index (κ3) is 3.40. The number of para-hydroxylation sites is 1. The average molecular weight is 358 g/mol. The van der Waals surface area contributed by atoms with Gasteiger partial charge in [0.15, 0.2) is 5.58 Å². The van der Waals surface area contributed by atoms with E-state index in [1.54, 1.807) is 18.2 Å². The van der Waals surface area contributed by atoms with Crippen LogP contribution in [0.2, 0.25) is 0 Å². The fourth-order valence-corrected chi connectivity index (χ4v) is 3.03. The largest absolute Gasteiger partial charge is 0.420 e. The smallest absolute Gasteiger partial charge is 0.408 e. The summed E-state index contributed by atoms with van der Waals surface area (Å²) in [6, 6.07) is 22.3. The third-order valence-electron chi connectivity index (χ3n) is 4.51. The molecule has 0 radical (unpaired) electrons. The molecule has 0 fully saturated rings. The topological polar surface area (TPSA) is 64.2 Å². The maximum absolute atomic E-state index is 12.7. The second kappa shape index (κ2) is 6.96. The van der Waals surface area contributed by atoms with E-state index in [2.05, 4.69) is 5.32 Å². The molecule has 5 heteroatoms. The van der Waals surface area contributed by atoms with Gasteiger partial charge in [0.25, 0.3) is 5.91 Å². The van der Waals surface area contributed by atoms with Crippen LogP contribution in [0.25, 0.3) is 11.1 Å². The van der Waals surface area contributed by atoms with Crippen molar-refractivity contribution >= 4 is 22.7 Å². The number of benzene rings is 3. The van der Waals surface area contributed by atoms with Gasteiger partial charge in [0.1, 0.15) is 0 Å². The molecule has 1 N–H and O–H groups in total. The molecule has 5 nitrogen and oxygen atoms in total. The summed E-state index contributed by atoms with van der Waals surface area (Å²) >= 11 is 0. The number of rotatable bonds is 4. The summed E-state index contributed by atoms with van der Waals surface area (Å²) in [5.41, 5.74) is 4.25. The highest BCUT2D eigenvalue weighted by atomic mass is 16.4. The lowest BCUT2D eigenvalue weighted by molar-refractivity contribution is 0.102. The number of hydrogen-bond acceptors (Lipinski definition) is 3. The molecule has 0 aliphatic rings. The van der Waals surface area contributed by atoms with Crippen molar-refractivity contribution in [1.29, 1.82) is 0 Å². The van der Waals surface area contributed by atoms with Gasteiger partial charge in [-0.2, -0.15) is 0 Å². The Bertz CT molecular complexity index is 1170. The Morgan fingerprint density at radius 3 is 2.52 bits per heavy atom. The number of nitrogens with one attached hydrogen (secondary N) is 1. The maximum atomic E-state index is 12.7. The molecule has 0 atom stereocenters. The lowest BCUT2D eigenvalue weighted by atomic mass is 10.1. The van der Waals surface area contributed by atoms with Gasteiger partial charge >= 0.3 is 5.76 Å². The molecule has 1 amide bonds. The predicted octanol–water partition coefficient (Wildman–Crippen LogP) is 4.20. The summed E-state index contributed by atoms with van der Waals surface area (Å²) < 4.78 is 6.86. The fraction of sp³-hybridized carbons (Fsp3) is 0.0909. The Morgan fingerprint density at radius 2 is 1.74 bits per heavy atom. The van der Waals surface area contributed by atoms with Gasteiger partial charge in [-0.3, -0.25) is 9.36 Å². The van der Waals surface area contributed by atoms with E-state index >= 15 is 0 Å². The van der Waals surface area contributed by atoms with Crippen LogP contribution in [0.15, 0.2) is 82.0 Å².